The van der Waals surface area contributed by atoms with Gasteiger partial charge in [0, 0.05) is 39.7 Å². The van der Waals surface area contributed by atoms with Crippen molar-refractivity contribution in [3.05, 3.63) is 258 Å². The van der Waals surface area contributed by atoms with E-state index >= 15 is 0 Å². The van der Waals surface area contributed by atoms with E-state index in [0.29, 0.717) is 11.7 Å². The largest absolute Gasteiger partial charge is 0.449 e. The Labute approximate surface area is 374 Å². The molecule has 1 heterocycles. The highest BCUT2D eigenvalue weighted by molar-refractivity contribution is 5.94. The Kier molecular flexibility index (Phi) is 8.39. The second-order valence-corrected chi connectivity index (χ2v) is 17.3. The van der Waals surface area contributed by atoms with E-state index in [1.54, 1.807) is 0 Å². The molecule has 8 aromatic rings. The first-order valence-electron chi connectivity index (χ1n) is 22.5. The highest BCUT2D eigenvalue weighted by atomic mass is 16.6. The normalized spacial score (nSPS) is 18.2. The van der Waals surface area contributed by atoms with Gasteiger partial charge >= 0.3 is 0 Å². The van der Waals surface area contributed by atoms with Crippen molar-refractivity contribution in [2.75, 3.05) is 4.90 Å². The number of allylic oxidation sites excluding steroid dienone is 8. The van der Waals surface area contributed by atoms with Gasteiger partial charge in [-0.2, -0.15) is 0 Å². The van der Waals surface area contributed by atoms with Crippen LogP contribution in [0.3, 0.4) is 0 Å². The molecule has 304 valence electrons. The van der Waals surface area contributed by atoms with Crippen molar-refractivity contribution in [2.24, 2.45) is 0 Å². The van der Waals surface area contributed by atoms with Crippen LogP contribution < -0.4 is 14.4 Å². The van der Waals surface area contributed by atoms with Crippen molar-refractivity contribution in [3.8, 4) is 56.4 Å². The zero-order chi connectivity index (χ0) is 42.2. The summed E-state index contributed by atoms with van der Waals surface area (Å²) in [6, 6.07) is 68.0. The summed E-state index contributed by atoms with van der Waals surface area (Å²) in [5, 5.41) is 0. The highest BCUT2D eigenvalue weighted by Gasteiger charge is 2.56. The van der Waals surface area contributed by atoms with Crippen molar-refractivity contribution in [1.29, 1.82) is 0 Å². The summed E-state index contributed by atoms with van der Waals surface area (Å²) in [4.78, 5) is 2.45. The molecule has 0 N–H and O–H groups in total. The quantitative estimate of drug-likeness (QED) is 0.167. The molecule has 0 bridgehead atoms. The van der Waals surface area contributed by atoms with E-state index in [4.69, 9.17) is 9.47 Å². The minimum atomic E-state index is -0.406. The van der Waals surface area contributed by atoms with Crippen LogP contribution in [-0.4, -0.2) is 0 Å². The van der Waals surface area contributed by atoms with Gasteiger partial charge in [0.1, 0.15) is 0 Å². The van der Waals surface area contributed by atoms with Crippen LogP contribution >= 0.6 is 0 Å². The molecule has 2 atom stereocenters. The molecule has 2 unspecified atom stereocenters. The smallest absolute Gasteiger partial charge is 0.178 e. The van der Waals surface area contributed by atoms with Crippen molar-refractivity contribution >= 4 is 16.9 Å². The summed E-state index contributed by atoms with van der Waals surface area (Å²) in [7, 11) is 0. The number of ether oxygens (including phenoxy) is 2. The van der Waals surface area contributed by atoms with Crippen molar-refractivity contribution < 1.29 is 9.47 Å². The molecule has 13 rings (SSSR count). The molecule has 4 aliphatic carbocycles. The lowest BCUT2D eigenvalue weighted by molar-refractivity contribution is 0.361. The molecule has 1 spiro atoms. The summed E-state index contributed by atoms with van der Waals surface area (Å²) >= 11 is 0. The molecule has 0 saturated heterocycles. The number of anilines is 2. The van der Waals surface area contributed by atoms with Crippen molar-refractivity contribution in [1.82, 2.24) is 0 Å². The van der Waals surface area contributed by atoms with Gasteiger partial charge in [0.25, 0.3) is 0 Å². The van der Waals surface area contributed by atoms with E-state index < -0.39 is 5.41 Å². The van der Waals surface area contributed by atoms with Crippen LogP contribution in [0.5, 0.6) is 23.0 Å². The second-order valence-electron chi connectivity index (χ2n) is 17.3. The molecular formula is C61H43NO2. The zero-order valence-corrected chi connectivity index (χ0v) is 35.2. The predicted octanol–water partition coefficient (Wildman–Crippen LogP) is 16.1. The number of nitrogens with zero attached hydrogens (tertiary/aromatic N) is 1. The molecule has 0 saturated carbocycles. The monoisotopic (exact) mass is 821 g/mol. The van der Waals surface area contributed by atoms with Crippen LogP contribution in [0.1, 0.15) is 53.0 Å². The summed E-state index contributed by atoms with van der Waals surface area (Å²) < 4.78 is 14.2. The molecule has 3 heteroatoms. The van der Waals surface area contributed by atoms with Crippen LogP contribution in [0.4, 0.5) is 11.4 Å². The molecule has 5 aliphatic rings. The van der Waals surface area contributed by atoms with E-state index in [1.165, 1.54) is 61.4 Å². The predicted molar refractivity (Wildman–Crippen MR) is 261 cm³/mol. The Balaban J connectivity index is 0.931. The summed E-state index contributed by atoms with van der Waals surface area (Å²) in [6.07, 6.45) is 14.4. The lowest BCUT2D eigenvalue weighted by Crippen LogP contribution is -2.27. The Hall–Kier alpha value is -7.88. The minimum absolute atomic E-state index is 0.333. The van der Waals surface area contributed by atoms with Gasteiger partial charge in [0.05, 0.1) is 5.41 Å². The molecule has 0 radical (unpaired) electrons. The van der Waals surface area contributed by atoms with Crippen LogP contribution in [0.2, 0.25) is 0 Å². The first-order chi connectivity index (χ1) is 31.8. The van der Waals surface area contributed by atoms with Gasteiger partial charge in [-0.3, -0.25) is 0 Å². The number of hydrogen-bond acceptors (Lipinski definition) is 3. The third-order valence-electron chi connectivity index (χ3n) is 14.0. The number of hydrogen-bond donors (Lipinski definition) is 0. The number of para-hydroxylation sites is 2. The van der Waals surface area contributed by atoms with E-state index in [0.717, 1.165) is 64.6 Å². The van der Waals surface area contributed by atoms with E-state index in [-0.39, 0.29) is 0 Å². The molecular weight excluding hydrogens is 779 g/mol. The summed E-state index contributed by atoms with van der Waals surface area (Å²) in [5.41, 5.74) is 19.1. The first kappa shape index (κ1) is 36.7. The second kappa shape index (κ2) is 14.6. The minimum Gasteiger partial charge on any atom is -0.449 e. The third kappa shape index (κ3) is 5.47. The Morgan fingerprint density at radius 1 is 0.500 bits per heavy atom. The third-order valence-corrected chi connectivity index (χ3v) is 14.0. The van der Waals surface area contributed by atoms with Gasteiger partial charge < -0.3 is 14.4 Å². The molecule has 0 aromatic heterocycles. The average molecular weight is 822 g/mol. The molecule has 64 heavy (non-hydrogen) atoms. The Morgan fingerprint density at radius 3 is 2.06 bits per heavy atom. The molecule has 1 aliphatic heterocycles. The van der Waals surface area contributed by atoms with Crippen LogP contribution in [0.25, 0.3) is 39.0 Å². The maximum absolute atomic E-state index is 7.32. The van der Waals surface area contributed by atoms with Gasteiger partial charge in [-0.25, -0.2) is 0 Å². The Bertz CT molecular complexity index is 3300. The molecule has 0 fully saturated rings. The summed E-state index contributed by atoms with van der Waals surface area (Å²) in [5.74, 6) is 3.29. The topological polar surface area (TPSA) is 21.7 Å². The van der Waals surface area contributed by atoms with Crippen molar-refractivity contribution in [2.45, 2.75) is 30.6 Å². The van der Waals surface area contributed by atoms with Crippen LogP contribution in [-0.2, 0) is 5.41 Å². The molecule has 8 aromatic carbocycles. The standard InChI is InChI=1S/C61H43NO2/c1-3-17-40(18-4-1)41-33-35-42(36-34-41)46-23-10-14-31-55(46)62(44-20-5-2-6-21-44)45-22-15-19-43(39-45)47-27-16-32-56-59(47)64-60-57(63-56)38-37-54-58(60)50-26-9-13-30-53(50)61(54)51-28-11-7-24-48(51)49-25-8-12-29-52(49)61/h1-13,15-24,26-30,32-39,49H,14,25,31H2. The van der Waals surface area contributed by atoms with Gasteiger partial charge in [0.15, 0.2) is 23.0 Å². The van der Waals surface area contributed by atoms with E-state index in [1.807, 2.05) is 6.07 Å². The molecule has 3 nitrogen and oxygen atoms in total. The molecule has 0 amide bonds. The highest BCUT2D eigenvalue weighted by Crippen LogP contribution is 2.68. The van der Waals surface area contributed by atoms with Crippen LogP contribution in [0, 0.1) is 0 Å². The maximum atomic E-state index is 7.32. The number of rotatable bonds is 6. The van der Waals surface area contributed by atoms with Gasteiger partial charge in [0.2, 0.25) is 0 Å². The van der Waals surface area contributed by atoms with E-state index in [2.05, 4.69) is 217 Å². The zero-order valence-electron chi connectivity index (χ0n) is 35.2. The Morgan fingerprint density at radius 2 is 1.19 bits per heavy atom. The fourth-order valence-corrected chi connectivity index (χ4v) is 11.3. The fourth-order valence-electron chi connectivity index (χ4n) is 11.3. The summed E-state index contributed by atoms with van der Waals surface area (Å²) in [6.45, 7) is 0. The SMILES string of the molecule is C1=CCC2C(=C1)C1(c3ccccc3-c3c1ccc1c3Oc3c(cccc3-c3cccc(N(C4=C(c5ccc(-c6ccccc6)cc5)C=CCC4)c4ccccc4)c3)O1)c1ccccc12. The number of fused-ring (bicyclic) bond motifs is 13. The van der Waals surface area contributed by atoms with Gasteiger partial charge in [-0.05, 0) is 111 Å². The van der Waals surface area contributed by atoms with E-state index in [9.17, 15) is 0 Å². The maximum Gasteiger partial charge on any atom is 0.178 e. The lowest BCUT2D eigenvalue weighted by Gasteiger charge is -2.33. The fraction of sp³-hybridized carbons (Fsp3) is 0.0820. The van der Waals surface area contributed by atoms with Gasteiger partial charge in [-0.15, -0.1) is 0 Å². The number of benzene rings is 8. The average Bonchev–Trinajstić information content (AvgIpc) is 3.84. The van der Waals surface area contributed by atoms with Crippen LogP contribution in [0.15, 0.2) is 230 Å². The van der Waals surface area contributed by atoms with Gasteiger partial charge in [-0.1, -0.05) is 182 Å². The van der Waals surface area contributed by atoms with Crippen molar-refractivity contribution in [3.63, 3.8) is 0 Å². The lowest BCUT2D eigenvalue weighted by atomic mass is 9.69. The first-order valence-corrected chi connectivity index (χ1v) is 22.5.